The lowest BCUT2D eigenvalue weighted by Gasteiger charge is -2.18. The molecule has 0 saturated heterocycles. The summed E-state index contributed by atoms with van der Waals surface area (Å²) in [6.45, 7) is 4.18. The number of nitrogens with zero attached hydrogens (tertiary/aromatic N) is 2. The average molecular weight is 352 g/mol. The summed E-state index contributed by atoms with van der Waals surface area (Å²) >= 11 is 0. The zero-order chi connectivity index (χ0) is 17.8. The van der Waals surface area contributed by atoms with Gasteiger partial charge in [0, 0.05) is 19.2 Å². The van der Waals surface area contributed by atoms with Gasteiger partial charge in [0.2, 0.25) is 5.91 Å². The molecule has 1 aromatic rings. The normalized spacial score (nSPS) is 12.7. The number of carbonyl (C=O) groups is 1. The number of nitro benzene ring substituents is 1. The second-order valence-corrected chi connectivity index (χ2v) is 5.91. The van der Waals surface area contributed by atoms with E-state index in [1.54, 1.807) is 13.8 Å². The molecule has 128 valence electrons. The Bertz CT molecular complexity index is 630. The number of amides is 1. The summed E-state index contributed by atoms with van der Waals surface area (Å²) in [5, 5.41) is 10.9. The van der Waals surface area contributed by atoms with Gasteiger partial charge in [0.1, 0.15) is 10.6 Å². The standard InChI is InChI=1S/C13H15F3N2O4S/c1-3-17(4-2)12(19)8-23(22)11-6-5-9(13(14,15)16)7-10(11)18(20)21/h5-7H,3-4,8H2,1-2H3. The van der Waals surface area contributed by atoms with Crippen LogP contribution < -0.4 is 0 Å². The first-order valence-electron chi connectivity index (χ1n) is 6.63. The Morgan fingerprint density at radius 1 is 1.30 bits per heavy atom. The van der Waals surface area contributed by atoms with Gasteiger partial charge in [-0.15, -0.1) is 0 Å². The molecule has 0 heterocycles. The van der Waals surface area contributed by atoms with Gasteiger partial charge in [-0.25, -0.2) is 0 Å². The predicted molar refractivity (Wildman–Crippen MR) is 77.3 cm³/mol. The Morgan fingerprint density at radius 3 is 2.30 bits per heavy atom. The molecule has 0 spiro atoms. The zero-order valence-corrected chi connectivity index (χ0v) is 13.2. The number of hydrogen-bond donors (Lipinski definition) is 0. The van der Waals surface area contributed by atoms with Gasteiger partial charge in [-0.1, -0.05) is 0 Å². The maximum Gasteiger partial charge on any atom is 0.416 e. The molecular weight excluding hydrogens is 337 g/mol. The SMILES string of the molecule is CCN(CC)C(=O)CS(=O)c1ccc(C(F)(F)F)cc1[N+](=O)[O-]. The quantitative estimate of drug-likeness (QED) is 0.582. The average Bonchev–Trinajstić information content (AvgIpc) is 2.46. The van der Waals surface area contributed by atoms with E-state index in [1.807, 2.05) is 0 Å². The molecule has 0 aromatic heterocycles. The molecule has 0 N–H and O–H groups in total. The van der Waals surface area contributed by atoms with Crippen molar-refractivity contribution < 1.29 is 27.1 Å². The number of nitro groups is 1. The fourth-order valence-corrected chi connectivity index (χ4v) is 3.04. The van der Waals surface area contributed by atoms with Crippen molar-refractivity contribution in [2.75, 3.05) is 18.8 Å². The van der Waals surface area contributed by atoms with E-state index in [-0.39, 0.29) is 0 Å². The van der Waals surface area contributed by atoms with Crippen molar-refractivity contribution in [3.8, 4) is 0 Å². The molecule has 0 aliphatic carbocycles. The number of rotatable bonds is 6. The van der Waals surface area contributed by atoms with E-state index in [9.17, 15) is 32.3 Å². The van der Waals surface area contributed by atoms with E-state index < -0.39 is 49.7 Å². The molecule has 0 radical (unpaired) electrons. The maximum atomic E-state index is 12.6. The molecule has 1 unspecified atom stereocenters. The Kier molecular flexibility index (Phi) is 6.25. The van der Waals surface area contributed by atoms with Crippen molar-refractivity contribution >= 4 is 22.4 Å². The van der Waals surface area contributed by atoms with Crippen LogP contribution in [-0.4, -0.2) is 38.8 Å². The molecule has 6 nitrogen and oxygen atoms in total. The van der Waals surface area contributed by atoms with Crippen molar-refractivity contribution in [1.82, 2.24) is 4.90 Å². The molecule has 10 heteroatoms. The lowest BCUT2D eigenvalue weighted by atomic mass is 10.2. The molecule has 0 aliphatic rings. The van der Waals surface area contributed by atoms with Crippen LogP contribution in [0.25, 0.3) is 0 Å². The van der Waals surface area contributed by atoms with Crippen LogP contribution in [0.15, 0.2) is 23.1 Å². The molecule has 0 fully saturated rings. The molecule has 1 aromatic carbocycles. The lowest BCUT2D eigenvalue weighted by molar-refractivity contribution is -0.388. The largest absolute Gasteiger partial charge is 0.416 e. The van der Waals surface area contributed by atoms with Gasteiger partial charge in [-0.05, 0) is 26.0 Å². The molecule has 0 aliphatic heterocycles. The summed E-state index contributed by atoms with van der Waals surface area (Å²) < 4.78 is 50.0. The van der Waals surface area contributed by atoms with Gasteiger partial charge in [0.15, 0.2) is 0 Å². The van der Waals surface area contributed by atoms with Crippen LogP contribution in [0, 0.1) is 10.1 Å². The molecule has 1 rings (SSSR count). The van der Waals surface area contributed by atoms with E-state index in [1.165, 1.54) is 4.90 Å². The number of carbonyl (C=O) groups excluding carboxylic acids is 1. The smallest absolute Gasteiger partial charge is 0.342 e. The highest BCUT2D eigenvalue weighted by atomic mass is 32.2. The number of benzene rings is 1. The van der Waals surface area contributed by atoms with Crippen molar-refractivity contribution in [2.45, 2.75) is 24.9 Å². The number of hydrogen-bond acceptors (Lipinski definition) is 4. The molecule has 1 amide bonds. The summed E-state index contributed by atoms with van der Waals surface area (Å²) in [4.78, 5) is 22.8. The predicted octanol–water partition coefficient (Wildman–Crippen LogP) is 2.59. The fourth-order valence-electron chi connectivity index (χ4n) is 1.89. The molecular formula is C13H15F3N2O4S. The third kappa shape index (κ3) is 4.75. The highest BCUT2D eigenvalue weighted by Gasteiger charge is 2.34. The second kappa shape index (κ2) is 7.53. The zero-order valence-electron chi connectivity index (χ0n) is 12.4. The van der Waals surface area contributed by atoms with Crippen LogP contribution in [-0.2, 0) is 21.8 Å². The molecule has 0 saturated carbocycles. The van der Waals surface area contributed by atoms with E-state index in [4.69, 9.17) is 0 Å². The highest BCUT2D eigenvalue weighted by molar-refractivity contribution is 7.86. The summed E-state index contributed by atoms with van der Waals surface area (Å²) in [6, 6.07) is 1.73. The topological polar surface area (TPSA) is 80.5 Å². The van der Waals surface area contributed by atoms with Gasteiger partial charge >= 0.3 is 6.18 Å². The number of halogens is 3. The lowest BCUT2D eigenvalue weighted by Crippen LogP contribution is -2.34. The minimum absolute atomic E-state index is 0.328. The van der Waals surface area contributed by atoms with Crippen LogP contribution in [0.2, 0.25) is 0 Å². The first kappa shape index (κ1) is 19.1. The first-order chi connectivity index (χ1) is 10.6. The Hall–Kier alpha value is -1.97. The van der Waals surface area contributed by atoms with Crippen LogP contribution in [0.5, 0.6) is 0 Å². The van der Waals surface area contributed by atoms with Crippen molar-refractivity contribution in [3.63, 3.8) is 0 Å². The van der Waals surface area contributed by atoms with Gasteiger partial charge in [0.05, 0.1) is 21.3 Å². The summed E-state index contributed by atoms with van der Waals surface area (Å²) in [5.74, 6) is -1.00. The van der Waals surface area contributed by atoms with E-state index in [2.05, 4.69) is 0 Å². The van der Waals surface area contributed by atoms with E-state index in [0.717, 1.165) is 6.07 Å². The molecule has 23 heavy (non-hydrogen) atoms. The third-order valence-electron chi connectivity index (χ3n) is 3.10. The minimum Gasteiger partial charge on any atom is -0.342 e. The van der Waals surface area contributed by atoms with Crippen molar-refractivity contribution in [2.24, 2.45) is 0 Å². The first-order valence-corrected chi connectivity index (χ1v) is 7.95. The second-order valence-electron chi connectivity index (χ2n) is 4.49. The summed E-state index contributed by atoms with van der Waals surface area (Å²) in [7, 11) is -2.10. The minimum atomic E-state index is -4.75. The Labute approximate surface area is 132 Å². The van der Waals surface area contributed by atoms with E-state index in [0.29, 0.717) is 25.2 Å². The molecule has 0 bridgehead atoms. The Balaban J connectivity index is 3.14. The number of alkyl halides is 3. The monoisotopic (exact) mass is 352 g/mol. The van der Waals surface area contributed by atoms with Gasteiger partial charge in [0.25, 0.3) is 5.69 Å². The van der Waals surface area contributed by atoms with Crippen LogP contribution in [0.4, 0.5) is 18.9 Å². The van der Waals surface area contributed by atoms with Crippen molar-refractivity contribution in [3.05, 3.63) is 33.9 Å². The van der Waals surface area contributed by atoms with Gasteiger partial charge in [-0.3, -0.25) is 19.1 Å². The maximum absolute atomic E-state index is 12.6. The molecule has 1 atom stereocenters. The van der Waals surface area contributed by atoms with E-state index >= 15 is 0 Å². The fraction of sp³-hybridized carbons (Fsp3) is 0.462. The Morgan fingerprint density at radius 2 is 1.87 bits per heavy atom. The third-order valence-corrected chi connectivity index (χ3v) is 4.44. The van der Waals surface area contributed by atoms with Crippen LogP contribution in [0.3, 0.4) is 0 Å². The van der Waals surface area contributed by atoms with Gasteiger partial charge in [-0.2, -0.15) is 13.2 Å². The highest BCUT2D eigenvalue weighted by Crippen LogP contribution is 2.34. The summed E-state index contributed by atoms with van der Waals surface area (Å²) in [5.41, 5.74) is -2.12. The van der Waals surface area contributed by atoms with Gasteiger partial charge < -0.3 is 4.90 Å². The van der Waals surface area contributed by atoms with Crippen LogP contribution in [0.1, 0.15) is 19.4 Å². The summed E-state index contributed by atoms with van der Waals surface area (Å²) in [6.07, 6.45) is -4.75. The van der Waals surface area contributed by atoms with Crippen molar-refractivity contribution in [1.29, 1.82) is 0 Å². The van der Waals surface area contributed by atoms with Crippen LogP contribution >= 0.6 is 0 Å².